The van der Waals surface area contributed by atoms with Gasteiger partial charge in [0.1, 0.15) is 0 Å². The minimum Gasteiger partial charge on any atom is -0.502 e. The Kier molecular flexibility index (Phi) is 7.93. The molecule has 82 valence electrons. The number of ether oxygens (including phenoxy) is 1. The van der Waals surface area contributed by atoms with Crippen molar-refractivity contribution in [1.29, 1.82) is 0 Å². The van der Waals surface area contributed by atoms with Gasteiger partial charge >= 0.3 is 0 Å². The zero-order valence-corrected chi connectivity index (χ0v) is 8.79. The Morgan fingerprint density at radius 2 is 2.43 bits per heavy atom. The number of amides is 1. The molecule has 0 bridgehead atoms. The number of rotatable bonds is 8. The highest BCUT2D eigenvalue weighted by atomic mass is 16.5. The van der Waals surface area contributed by atoms with Crippen molar-refractivity contribution in [2.45, 2.75) is 32.2 Å². The summed E-state index contributed by atoms with van der Waals surface area (Å²) in [5.41, 5.74) is 5.52. The lowest BCUT2D eigenvalue weighted by atomic mass is 10.2. The summed E-state index contributed by atoms with van der Waals surface area (Å²) in [6.07, 6.45) is 3.43. The second-order valence-electron chi connectivity index (χ2n) is 3.26. The number of hydrogen-bond acceptors (Lipinski definition) is 3. The Balaban J connectivity index is 3.22. The van der Waals surface area contributed by atoms with E-state index in [1.165, 1.54) is 6.26 Å². The number of carbonyl (C=O) groups excluding carboxylic acids is 1. The highest BCUT2D eigenvalue weighted by molar-refractivity contribution is 5.75. The summed E-state index contributed by atoms with van der Waals surface area (Å²) in [6, 6.07) is 0.0878. The average molecular weight is 200 g/mol. The third-order valence-corrected chi connectivity index (χ3v) is 1.71. The fourth-order valence-electron chi connectivity index (χ4n) is 0.914. The maximum Gasteiger partial charge on any atom is 0.220 e. The molecule has 0 rings (SSSR count). The van der Waals surface area contributed by atoms with Crippen molar-refractivity contribution >= 4 is 5.91 Å². The fraction of sp³-hybridized carbons (Fsp3) is 0.700. The van der Waals surface area contributed by atoms with Gasteiger partial charge in [-0.25, -0.2) is 0 Å². The molecule has 0 aliphatic carbocycles. The molecule has 0 aliphatic heterocycles. The lowest BCUT2D eigenvalue weighted by Crippen LogP contribution is -2.27. The van der Waals surface area contributed by atoms with Crippen LogP contribution in [0.4, 0.5) is 0 Å². The van der Waals surface area contributed by atoms with E-state index in [4.69, 9.17) is 10.5 Å². The van der Waals surface area contributed by atoms with Crippen LogP contribution in [-0.4, -0.2) is 25.1 Å². The molecule has 0 aromatic rings. The van der Waals surface area contributed by atoms with Gasteiger partial charge in [0.2, 0.25) is 5.91 Å². The van der Waals surface area contributed by atoms with Gasteiger partial charge in [-0.15, -0.1) is 0 Å². The Morgan fingerprint density at radius 1 is 1.71 bits per heavy atom. The normalized spacial score (nSPS) is 11.9. The molecule has 3 N–H and O–H groups in total. The van der Waals surface area contributed by atoms with Crippen LogP contribution < -0.4 is 11.1 Å². The summed E-state index contributed by atoms with van der Waals surface area (Å²) < 4.78 is 4.91. The van der Waals surface area contributed by atoms with Crippen LogP contribution in [0.15, 0.2) is 12.8 Å². The molecular weight excluding hydrogens is 180 g/mol. The average Bonchev–Trinajstić information content (AvgIpc) is 2.14. The molecular formula is C10H20N2O2. The van der Waals surface area contributed by atoms with Crippen LogP contribution in [-0.2, 0) is 9.53 Å². The highest BCUT2D eigenvalue weighted by Crippen LogP contribution is 1.92. The summed E-state index contributed by atoms with van der Waals surface area (Å²) in [7, 11) is 0. The summed E-state index contributed by atoms with van der Waals surface area (Å²) >= 11 is 0. The maximum absolute atomic E-state index is 11.2. The molecule has 0 aliphatic rings. The standard InChI is InChI=1S/C10H20N2O2/c1-3-14-8-4-7-12-10(13)6-5-9(2)11/h3,9H,1,4-8,11H2,2H3,(H,12,13). The van der Waals surface area contributed by atoms with Crippen LogP contribution in [0.25, 0.3) is 0 Å². The molecule has 4 heteroatoms. The van der Waals surface area contributed by atoms with Crippen LogP contribution >= 0.6 is 0 Å². The van der Waals surface area contributed by atoms with Crippen molar-refractivity contribution < 1.29 is 9.53 Å². The van der Waals surface area contributed by atoms with Crippen LogP contribution in [0.1, 0.15) is 26.2 Å². The van der Waals surface area contributed by atoms with Crippen molar-refractivity contribution in [1.82, 2.24) is 5.32 Å². The van der Waals surface area contributed by atoms with Gasteiger partial charge in [0.05, 0.1) is 12.9 Å². The number of carbonyl (C=O) groups is 1. The van der Waals surface area contributed by atoms with Gasteiger partial charge < -0.3 is 15.8 Å². The number of nitrogens with two attached hydrogens (primary N) is 1. The predicted molar refractivity (Wildman–Crippen MR) is 56.7 cm³/mol. The number of nitrogens with one attached hydrogen (secondary N) is 1. The van der Waals surface area contributed by atoms with Crippen molar-refractivity contribution in [3.8, 4) is 0 Å². The zero-order valence-electron chi connectivity index (χ0n) is 8.79. The van der Waals surface area contributed by atoms with Gasteiger partial charge in [0, 0.05) is 19.0 Å². The third-order valence-electron chi connectivity index (χ3n) is 1.71. The first-order valence-electron chi connectivity index (χ1n) is 4.91. The van der Waals surface area contributed by atoms with Gasteiger partial charge in [-0.05, 0) is 19.8 Å². The first-order valence-corrected chi connectivity index (χ1v) is 4.91. The molecule has 1 amide bonds. The predicted octanol–water partition coefficient (Wildman–Crippen LogP) is 0.780. The van der Waals surface area contributed by atoms with Gasteiger partial charge in [-0.2, -0.15) is 0 Å². The van der Waals surface area contributed by atoms with E-state index >= 15 is 0 Å². The molecule has 1 atom stereocenters. The van der Waals surface area contributed by atoms with E-state index in [0.29, 0.717) is 19.6 Å². The van der Waals surface area contributed by atoms with Crippen LogP contribution in [0, 0.1) is 0 Å². The first-order chi connectivity index (χ1) is 6.66. The van der Waals surface area contributed by atoms with E-state index in [0.717, 1.165) is 12.8 Å². The molecule has 0 heterocycles. The Bertz CT molecular complexity index is 170. The lowest BCUT2D eigenvalue weighted by Gasteiger charge is -2.06. The molecule has 0 aromatic carbocycles. The van der Waals surface area contributed by atoms with Gasteiger partial charge in [0.15, 0.2) is 0 Å². The first kappa shape index (κ1) is 13.0. The lowest BCUT2D eigenvalue weighted by molar-refractivity contribution is -0.121. The Hall–Kier alpha value is -1.03. The minimum atomic E-state index is 0.0564. The largest absolute Gasteiger partial charge is 0.502 e. The summed E-state index contributed by atoms with van der Waals surface area (Å²) in [5.74, 6) is 0.0564. The van der Waals surface area contributed by atoms with E-state index in [1.807, 2.05) is 6.92 Å². The summed E-state index contributed by atoms with van der Waals surface area (Å²) in [6.45, 7) is 6.55. The molecule has 14 heavy (non-hydrogen) atoms. The molecule has 0 aromatic heterocycles. The van der Waals surface area contributed by atoms with Crippen LogP contribution in [0.2, 0.25) is 0 Å². The minimum absolute atomic E-state index is 0.0564. The Morgan fingerprint density at radius 3 is 3.00 bits per heavy atom. The van der Waals surface area contributed by atoms with Crippen molar-refractivity contribution in [2.75, 3.05) is 13.2 Å². The van der Waals surface area contributed by atoms with Crippen LogP contribution in [0.5, 0.6) is 0 Å². The molecule has 0 spiro atoms. The monoisotopic (exact) mass is 200 g/mol. The molecule has 1 unspecified atom stereocenters. The third kappa shape index (κ3) is 9.06. The van der Waals surface area contributed by atoms with Gasteiger partial charge in [-0.1, -0.05) is 6.58 Å². The quantitative estimate of drug-likeness (QED) is 0.449. The van der Waals surface area contributed by atoms with Gasteiger partial charge in [0.25, 0.3) is 0 Å². The molecule has 0 fully saturated rings. The van der Waals surface area contributed by atoms with Crippen molar-refractivity contribution in [2.24, 2.45) is 5.73 Å². The SMILES string of the molecule is C=COCCCNC(=O)CCC(C)N. The Labute approximate surface area is 85.5 Å². The molecule has 4 nitrogen and oxygen atoms in total. The maximum atomic E-state index is 11.2. The fourth-order valence-corrected chi connectivity index (χ4v) is 0.914. The summed E-state index contributed by atoms with van der Waals surface area (Å²) in [5, 5.41) is 2.79. The van der Waals surface area contributed by atoms with Crippen LogP contribution in [0.3, 0.4) is 0 Å². The topological polar surface area (TPSA) is 64.3 Å². The van der Waals surface area contributed by atoms with E-state index < -0.39 is 0 Å². The number of hydrogen-bond donors (Lipinski definition) is 2. The second kappa shape index (κ2) is 8.56. The summed E-state index contributed by atoms with van der Waals surface area (Å²) in [4.78, 5) is 11.2. The highest BCUT2D eigenvalue weighted by Gasteiger charge is 2.01. The smallest absolute Gasteiger partial charge is 0.220 e. The van der Waals surface area contributed by atoms with Crippen molar-refractivity contribution in [3.63, 3.8) is 0 Å². The molecule has 0 saturated heterocycles. The van der Waals surface area contributed by atoms with E-state index in [9.17, 15) is 4.79 Å². The zero-order chi connectivity index (χ0) is 10.8. The second-order valence-corrected chi connectivity index (χ2v) is 3.26. The van der Waals surface area contributed by atoms with Gasteiger partial charge in [-0.3, -0.25) is 4.79 Å². The van der Waals surface area contributed by atoms with E-state index in [-0.39, 0.29) is 11.9 Å². The molecule has 0 saturated carbocycles. The van der Waals surface area contributed by atoms with Crippen molar-refractivity contribution in [3.05, 3.63) is 12.8 Å². The molecule has 0 radical (unpaired) electrons. The van der Waals surface area contributed by atoms with E-state index in [1.54, 1.807) is 0 Å². The van der Waals surface area contributed by atoms with E-state index in [2.05, 4.69) is 11.9 Å².